The molecular weight excluding hydrogens is 242 g/mol. The van der Waals surface area contributed by atoms with Gasteiger partial charge in [-0.3, -0.25) is 4.79 Å². The van der Waals surface area contributed by atoms with Gasteiger partial charge in [0.2, 0.25) is 5.91 Å². The van der Waals surface area contributed by atoms with E-state index >= 15 is 0 Å². The molecule has 2 atom stereocenters. The normalized spacial score (nSPS) is 28.7. The number of amides is 1. The van der Waals surface area contributed by atoms with E-state index in [1.54, 1.807) is 6.08 Å². The fourth-order valence-corrected chi connectivity index (χ4v) is 3.71. The van der Waals surface area contributed by atoms with Crippen molar-refractivity contribution in [2.75, 3.05) is 6.54 Å². The summed E-state index contributed by atoms with van der Waals surface area (Å²) in [6.45, 7) is 12.2. The summed E-state index contributed by atoms with van der Waals surface area (Å²) in [5.41, 5.74) is 0. The number of carbonyl (C=O) groups excluding carboxylic acids is 1. The molecule has 0 aliphatic carbocycles. The van der Waals surface area contributed by atoms with E-state index in [-0.39, 0.29) is 23.1 Å². The van der Waals surface area contributed by atoms with Crippen LogP contribution >= 0.6 is 0 Å². The predicted octanol–water partition coefficient (Wildman–Crippen LogP) is 2.94. The Balaban J connectivity index is 2.15. The highest BCUT2D eigenvalue weighted by molar-refractivity contribution is 6.74. The molecule has 3 nitrogen and oxygen atoms in total. The minimum Gasteiger partial charge on any atom is -0.408 e. The van der Waals surface area contributed by atoms with Crippen LogP contribution in [0.3, 0.4) is 0 Å². The molecule has 2 rings (SSSR count). The molecule has 18 heavy (non-hydrogen) atoms. The van der Waals surface area contributed by atoms with Gasteiger partial charge in [-0.2, -0.15) is 0 Å². The Morgan fingerprint density at radius 2 is 2.06 bits per heavy atom. The SMILES string of the molecule is CC(C)(C)[Si](C)(C)O[C@H]1C=CC(=O)N2CCC[C@@H]12. The van der Waals surface area contributed by atoms with E-state index in [9.17, 15) is 4.79 Å². The summed E-state index contributed by atoms with van der Waals surface area (Å²) in [5.74, 6) is 0.160. The third-order valence-corrected chi connectivity index (χ3v) is 9.10. The summed E-state index contributed by atoms with van der Waals surface area (Å²) in [6.07, 6.45) is 5.96. The molecule has 0 aromatic rings. The van der Waals surface area contributed by atoms with Crippen molar-refractivity contribution in [3.05, 3.63) is 12.2 Å². The lowest BCUT2D eigenvalue weighted by molar-refractivity contribution is -0.129. The highest BCUT2D eigenvalue weighted by Gasteiger charge is 2.43. The molecule has 2 aliphatic rings. The molecule has 0 radical (unpaired) electrons. The van der Waals surface area contributed by atoms with Crippen LogP contribution in [0.15, 0.2) is 12.2 Å². The van der Waals surface area contributed by atoms with Crippen molar-refractivity contribution in [2.45, 2.75) is 63.9 Å². The maximum absolute atomic E-state index is 11.8. The number of carbonyl (C=O) groups is 1. The second kappa shape index (κ2) is 4.49. The zero-order chi connectivity index (χ0) is 13.6. The van der Waals surface area contributed by atoms with Crippen LogP contribution in [-0.2, 0) is 9.22 Å². The van der Waals surface area contributed by atoms with Crippen LogP contribution in [0.1, 0.15) is 33.6 Å². The summed E-state index contributed by atoms with van der Waals surface area (Å²) < 4.78 is 6.46. The summed E-state index contributed by atoms with van der Waals surface area (Å²) in [7, 11) is -1.76. The molecule has 0 aromatic heterocycles. The number of fused-ring (bicyclic) bond motifs is 1. The van der Waals surface area contributed by atoms with Gasteiger partial charge in [-0.05, 0) is 37.0 Å². The summed E-state index contributed by atoms with van der Waals surface area (Å²) in [4.78, 5) is 13.8. The van der Waals surface area contributed by atoms with Crippen molar-refractivity contribution in [3.63, 3.8) is 0 Å². The quantitative estimate of drug-likeness (QED) is 0.720. The molecule has 0 bridgehead atoms. The standard InChI is InChI=1S/C14H25NO2Si/c1-14(2,3)18(4,5)17-12-8-9-13(16)15-10-6-7-11(12)15/h8-9,11-12H,6-7,10H2,1-5H3/t11-,12-/m0/s1. The average molecular weight is 267 g/mol. The van der Waals surface area contributed by atoms with Gasteiger partial charge in [-0.15, -0.1) is 0 Å². The number of hydrogen-bond acceptors (Lipinski definition) is 2. The molecular formula is C14H25NO2Si. The lowest BCUT2D eigenvalue weighted by Crippen LogP contribution is -2.52. The maximum atomic E-state index is 11.8. The molecule has 2 heterocycles. The molecule has 102 valence electrons. The first-order valence-corrected chi connectivity index (χ1v) is 9.80. The smallest absolute Gasteiger partial charge is 0.246 e. The fourth-order valence-electron chi connectivity index (χ4n) is 2.44. The molecule has 1 saturated heterocycles. The van der Waals surface area contributed by atoms with Crippen LogP contribution in [0.5, 0.6) is 0 Å². The summed E-state index contributed by atoms with van der Waals surface area (Å²) in [5, 5.41) is 0.214. The molecule has 0 unspecified atom stereocenters. The predicted molar refractivity (Wildman–Crippen MR) is 75.9 cm³/mol. The fraction of sp³-hybridized carbons (Fsp3) is 0.786. The Morgan fingerprint density at radius 1 is 1.39 bits per heavy atom. The van der Waals surface area contributed by atoms with Gasteiger partial charge in [0.15, 0.2) is 8.32 Å². The van der Waals surface area contributed by atoms with Crippen molar-refractivity contribution in [1.82, 2.24) is 4.90 Å². The number of rotatable bonds is 2. The van der Waals surface area contributed by atoms with Crippen molar-refractivity contribution in [1.29, 1.82) is 0 Å². The highest BCUT2D eigenvalue weighted by atomic mass is 28.4. The number of hydrogen-bond donors (Lipinski definition) is 0. The lowest BCUT2D eigenvalue weighted by Gasteiger charge is -2.42. The van der Waals surface area contributed by atoms with Crippen LogP contribution in [0.2, 0.25) is 18.1 Å². The van der Waals surface area contributed by atoms with E-state index in [1.165, 1.54) is 0 Å². The average Bonchev–Trinajstić information content (AvgIpc) is 2.70. The van der Waals surface area contributed by atoms with Crippen molar-refractivity contribution >= 4 is 14.2 Å². The first kappa shape index (κ1) is 13.8. The van der Waals surface area contributed by atoms with Gasteiger partial charge in [-0.1, -0.05) is 20.8 Å². The zero-order valence-corrected chi connectivity index (χ0v) is 13.2. The summed E-state index contributed by atoms with van der Waals surface area (Å²) in [6, 6.07) is 0.275. The van der Waals surface area contributed by atoms with E-state index in [2.05, 4.69) is 33.9 Å². The van der Waals surface area contributed by atoms with Crippen LogP contribution in [0, 0.1) is 0 Å². The van der Waals surface area contributed by atoms with Gasteiger partial charge < -0.3 is 9.33 Å². The Morgan fingerprint density at radius 3 is 2.67 bits per heavy atom. The van der Waals surface area contributed by atoms with Crippen LogP contribution in [-0.4, -0.2) is 37.8 Å². The van der Waals surface area contributed by atoms with E-state index < -0.39 is 8.32 Å². The molecule has 0 saturated carbocycles. The molecule has 2 aliphatic heterocycles. The largest absolute Gasteiger partial charge is 0.408 e. The van der Waals surface area contributed by atoms with Gasteiger partial charge in [0, 0.05) is 12.6 Å². The van der Waals surface area contributed by atoms with Gasteiger partial charge in [-0.25, -0.2) is 0 Å². The molecule has 4 heteroatoms. The third-order valence-electron chi connectivity index (χ3n) is 4.63. The van der Waals surface area contributed by atoms with E-state index in [1.807, 2.05) is 11.0 Å². The minimum atomic E-state index is -1.76. The van der Waals surface area contributed by atoms with E-state index in [4.69, 9.17) is 4.43 Å². The zero-order valence-electron chi connectivity index (χ0n) is 12.2. The van der Waals surface area contributed by atoms with Crippen LogP contribution in [0.25, 0.3) is 0 Å². The van der Waals surface area contributed by atoms with Crippen LogP contribution < -0.4 is 0 Å². The topological polar surface area (TPSA) is 29.5 Å². The summed E-state index contributed by atoms with van der Waals surface area (Å²) >= 11 is 0. The van der Waals surface area contributed by atoms with E-state index in [0.717, 1.165) is 19.4 Å². The Bertz CT molecular complexity index is 370. The molecule has 0 aromatic carbocycles. The molecule has 0 spiro atoms. The highest BCUT2D eigenvalue weighted by Crippen LogP contribution is 2.39. The second-order valence-electron chi connectivity index (χ2n) is 6.94. The van der Waals surface area contributed by atoms with Gasteiger partial charge in [0.1, 0.15) is 0 Å². The minimum absolute atomic E-state index is 0.103. The number of nitrogens with zero attached hydrogens (tertiary/aromatic N) is 1. The molecule has 1 fully saturated rings. The Kier molecular flexibility index (Phi) is 3.45. The van der Waals surface area contributed by atoms with Gasteiger partial charge >= 0.3 is 0 Å². The second-order valence-corrected chi connectivity index (χ2v) is 11.7. The third kappa shape index (κ3) is 2.41. The lowest BCUT2D eigenvalue weighted by atomic mass is 10.1. The van der Waals surface area contributed by atoms with Crippen molar-refractivity contribution in [2.24, 2.45) is 0 Å². The maximum Gasteiger partial charge on any atom is 0.246 e. The van der Waals surface area contributed by atoms with Crippen LogP contribution in [0.4, 0.5) is 0 Å². The van der Waals surface area contributed by atoms with Gasteiger partial charge in [0.05, 0.1) is 12.1 Å². The Labute approximate surface area is 111 Å². The first-order chi connectivity index (χ1) is 8.22. The Hall–Kier alpha value is -0.613. The molecule has 1 amide bonds. The van der Waals surface area contributed by atoms with Crippen molar-refractivity contribution in [3.8, 4) is 0 Å². The van der Waals surface area contributed by atoms with E-state index in [0.29, 0.717) is 0 Å². The van der Waals surface area contributed by atoms with Crippen molar-refractivity contribution < 1.29 is 9.22 Å². The van der Waals surface area contributed by atoms with Gasteiger partial charge in [0.25, 0.3) is 0 Å². The monoisotopic (exact) mass is 267 g/mol. The first-order valence-electron chi connectivity index (χ1n) is 6.89. The molecule has 0 N–H and O–H groups in total.